The average Bonchev–Trinajstić information content (AvgIpc) is 2.70. The maximum Gasteiger partial charge on any atom is 0.238 e. The Labute approximate surface area is 167 Å². The number of benzene rings is 2. The molecular formula is C22H31N3O3. The van der Waals surface area contributed by atoms with Crippen molar-refractivity contribution < 1.29 is 14.3 Å². The number of methoxy groups -OCH3 is 2. The largest absolute Gasteiger partial charge is 0.493 e. The minimum Gasteiger partial charge on any atom is -0.493 e. The van der Waals surface area contributed by atoms with Gasteiger partial charge in [0, 0.05) is 31.0 Å². The van der Waals surface area contributed by atoms with Gasteiger partial charge in [0.05, 0.1) is 20.8 Å². The lowest BCUT2D eigenvalue weighted by Gasteiger charge is -2.22. The van der Waals surface area contributed by atoms with Crippen LogP contribution in [-0.4, -0.2) is 39.8 Å². The van der Waals surface area contributed by atoms with Gasteiger partial charge >= 0.3 is 0 Å². The van der Waals surface area contributed by atoms with Crippen LogP contribution in [0.3, 0.4) is 0 Å². The molecule has 0 aromatic heterocycles. The molecule has 2 N–H and O–H groups in total. The van der Waals surface area contributed by atoms with Crippen molar-refractivity contribution in [3.63, 3.8) is 0 Å². The molecule has 152 valence electrons. The molecule has 0 saturated carbocycles. The van der Waals surface area contributed by atoms with Gasteiger partial charge in [-0.2, -0.15) is 0 Å². The Morgan fingerprint density at radius 1 is 1.00 bits per heavy atom. The van der Waals surface area contributed by atoms with Crippen LogP contribution >= 0.6 is 0 Å². The van der Waals surface area contributed by atoms with Crippen molar-refractivity contribution in [3.8, 4) is 11.5 Å². The lowest BCUT2D eigenvalue weighted by molar-refractivity contribution is -0.115. The smallest absolute Gasteiger partial charge is 0.238 e. The molecule has 0 unspecified atom stereocenters. The van der Waals surface area contributed by atoms with Gasteiger partial charge in [-0.05, 0) is 62.2 Å². The number of nitrogens with zero attached hydrogens (tertiary/aromatic N) is 1. The fourth-order valence-corrected chi connectivity index (χ4v) is 3.08. The number of nitrogens with one attached hydrogen (secondary N) is 2. The zero-order valence-corrected chi connectivity index (χ0v) is 17.5. The standard InChI is InChI=1S/C22H31N3O3/c1-6-25(7-2)18-9-10-19(16(3)12-18)24-22(26)15-23-14-17-8-11-20(27-4)21(13-17)28-5/h8-13,23H,6-7,14-15H2,1-5H3,(H,24,26). The highest BCUT2D eigenvalue weighted by atomic mass is 16.5. The highest BCUT2D eigenvalue weighted by Crippen LogP contribution is 2.27. The molecule has 0 bridgehead atoms. The quantitative estimate of drug-likeness (QED) is 0.654. The van der Waals surface area contributed by atoms with Gasteiger partial charge in [-0.25, -0.2) is 0 Å². The minimum absolute atomic E-state index is 0.0702. The van der Waals surface area contributed by atoms with Crippen LogP contribution in [0.1, 0.15) is 25.0 Å². The Morgan fingerprint density at radius 2 is 1.71 bits per heavy atom. The first kappa shape index (κ1) is 21.6. The van der Waals surface area contributed by atoms with Crippen molar-refractivity contribution in [2.24, 2.45) is 0 Å². The van der Waals surface area contributed by atoms with Gasteiger partial charge in [0.15, 0.2) is 11.5 Å². The predicted octanol–water partition coefficient (Wildman–Crippen LogP) is 3.59. The zero-order chi connectivity index (χ0) is 20.5. The molecule has 2 rings (SSSR count). The van der Waals surface area contributed by atoms with E-state index in [1.54, 1.807) is 14.2 Å². The first-order valence-corrected chi connectivity index (χ1v) is 9.59. The fourth-order valence-electron chi connectivity index (χ4n) is 3.08. The highest BCUT2D eigenvalue weighted by molar-refractivity contribution is 5.93. The van der Waals surface area contributed by atoms with Crippen molar-refractivity contribution in [1.29, 1.82) is 0 Å². The molecule has 0 fully saturated rings. The molecule has 28 heavy (non-hydrogen) atoms. The van der Waals surface area contributed by atoms with Gasteiger partial charge in [-0.1, -0.05) is 6.07 Å². The normalized spacial score (nSPS) is 10.5. The summed E-state index contributed by atoms with van der Waals surface area (Å²) in [7, 11) is 3.22. The molecule has 6 nitrogen and oxygen atoms in total. The van der Waals surface area contributed by atoms with E-state index in [-0.39, 0.29) is 12.5 Å². The molecule has 2 aromatic rings. The summed E-state index contributed by atoms with van der Waals surface area (Å²) < 4.78 is 10.5. The van der Waals surface area contributed by atoms with Gasteiger partial charge in [-0.15, -0.1) is 0 Å². The molecule has 0 heterocycles. The second kappa shape index (κ2) is 10.6. The number of hydrogen-bond acceptors (Lipinski definition) is 5. The van der Waals surface area contributed by atoms with Crippen LogP contribution in [0.25, 0.3) is 0 Å². The van der Waals surface area contributed by atoms with Crippen molar-refractivity contribution in [2.45, 2.75) is 27.3 Å². The Kier molecular flexibility index (Phi) is 8.14. The SMILES string of the molecule is CCN(CC)c1ccc(NC(=O)CNCc2ccc(OC)c(OC)c2)c(C)c1. The molecule has 2 aromatic carbocycles. The number of carbonyl (C=O) groups excluding carboxylic acids is 1. The van der Waals surface area contributed by atoms with Crippen LogP contribution in [0.5, 0.6) is 11.5 Å². The predicted molar refractivity (Wildman–Crippen MR) is 115 cm³/mol. The van der Waals surface area contributed by atoms with E-state index < -0.39 is 0 Å². The van der Waals surface area contributed by atoms with Crippen molar-refractivity contribution in [1.82, 2.24) is 5.32 Å². The van der Waals surface area contributed by atoms with Crippen LogP contribution in [-0.2, 0) is 11.3 Å². The van der Waals surface area contributed by atoms with E-state index in [9.17, 15) is 4.79 Å². The Balaban J connectivity index is 1.89. The molecule has 0 atom stereocenters. The van der Waals surface area contributed by atoms with Crippen LogP contribution in [0.15, 0.2) is 36.4 Å². The summed E-state index contributed by atoms with van der Waals surface area (Å²) in [6.45, 7) is 9.00. The van der Waals surface area contributed by atoms with Crippen LogP contribution in [0, 0.1) is 6.92 Å². The summed E-state index contributed by atoms with van der Waals surface area (Å²) in [5.74, 6) is 1.29. The summed E-state index contributed by atoms with van der Waals surface area (Å²) >= 11 is 0. The van der Waals surface area contributed by atoms with Crippen molar-refractivity contribution >= 4 is 17.3 Å². The summed E-state index contributed by atoms with van der Waals surface area (Å²) in [5, 5.41) is 6.14. The van der Waals surface area contributed by atoms with Crippen LogP contribution < -0.4 is 25.0 Å². The van der Waals surface area contributed by atoms with Gasteiger partial charge < -0.3 is 25.0 Å². The number of amides is 1. The second-order valence-electron chi connectivity index (χ2n) is 6.51. The number of hydrogen-bond donors (Lipinski definition) is 2. The van der Waals surface area contributed by atoms with E-state index in [1.165, 1.54) is 5.69 Å². The molecular weight excluding hydrogens is 354 g/mol. The monoisotopic (exact) mass is 385 g/mol. The van der Waals surface area contributed by atoms with E-state index in [0.717, 1.165) is 29.9 Å². The minimum atomic E-state index is -0.0702. The summed E-state index contributed by atoms with van der Waals surface area (Å²) in [5.41, 5.74) is 4.09. The third-order valence-corrected chi connectivity index (χ3v) is 4.68. The fraction of sp³-hybridized carbons (Fsp3) is 0.409. The summed E-state index contributed by atoms with van der Waals surface area (Å²) in [4.78, 5) is 14.6. The third-order valence-electron chi connectivity index (χ3n) is 4.68. The van der Waals surface area contributed by atoms with E-state index in [4.69, 9.17) is 9.47 Å². The molecule has 0 spiro atoms. The molecule has 0 aliphatic carbocycles. The first-order valence-electron chi connectivity index (χ1n) is 9.59. The number of aryl methyl sites for hydroxylation is 1. The third kappa shape index (κ3) is 5.63. The van der Waals surface area contributed by atoms with Gasteiger partial charge in [0.2, 0.25) is 5.91 Å². The summed E-state index contributed by atoms with van der Waals surface area (Å²) in [6.07, 6.45) is 0. The van der Waals surface area contributed by atoms with E-state index in [2.05, 4.69) is 35.4 Å². The van der Waals surface area contributed by atoms with Crippen molar-refractivity contribution in [3.05, 3.63) is 47.5 Å². The maximum atomic E-state index is 12.3. The topological polar surface area (TPSA) is 62.8 Å². The number of rotatable bonds is 10. The van der Waals surface area contributed by atoms with Gasteiger partial charge in [0.25, 0.3) is 0 Å². The maximum absolute atomic E-state index is 12.3. The Hall–Kier alpha value is -2.73. The molecule has 6 heteroatoms. The first-order chi connectivity index (χ1) is 13.5. The second-order valence-corrected chi connectivity index (χ2v) is 6.51. The molecule has 1 amide bonds. The van der Waals surface area contributed by atoms with E-state index in [1.807, 2.05) is 37.3 Å². The molecule has 0 saturated heterocycles. The van der Waals surface area contributed by atoms with Gasteiger partial charge in [-0.3, -0.25) is 4.79 Å². The van der Waals surface area contributed by atoms with Crippen LogP contribution in [0.2, 0.25) is 0 Å². The van der Waals surface area contributed by atoms with Crippen molar-refractivity contribution in [2.75, 3.05) is 44.1 Å². The molecule has 0 radical (unpaired) electrons. The Morgan fingerprint density at radius 3 is 2.32 bits per heavy atom. The summed E-state index contributed by atoms with van der Waals surface area (Å²) in [6, 6.07) is 11.8. The number of carbonyl (C=O) groups is 1. The number of ether oxygens (including phenoxy) is 2. The highest BCUT2D eigenvalue weighted by Gasteiger charge is 2.09. The zero-order valence-electron chi connectivity index (χ0n) is 17.5. The van der Waals surface area contributed by atoms with Crippen LogP contribution in [0.4, 0.5) is 11.4 Å². The van der Waals surface area contributed by atoms with E-state index >= 15 is 0 Å². The molecule has 0 aliphatic heterocycles. The van der Waals surface area contributed by atoms with Gasteiger partial charge in [0.1, 0.15) is 0 Å². The average molecular weight is 386 g/mol. The number of anilines is 2. The van der Waals surface area contributed by atoms with E-state index in [0.29, 0.717) is 18.0 Å². The lowest BCUT2D eigenvalue weighted by atomic mass is 10.1. The Bertz CT molecular complexity index is 789. The molecule has 0 aliphatic rings. The lowest BCUT2D eigenvalue weighted by Crippen LogP contribution is -2.28.